The Hall–Kier alpha value is -1.77. The fourth-order valence-corrected chi connectivity index (χ4v) is 2.88. The molecule has 0 saturated heterocycles. The Kier molecular flexibility index (Phi) is 4.00. The lowest BCUT2D eigenvalue weighted by Gasteiger charge is -2.24. The predicted octanol–water partition coefficient (Wildman–Crippen LogP) is 4.18. The summed E-state index contributed by atoms with van der Waals surface area (Å²) in [5, 5.41) is 1.18. The second kappa shape index (κ2) is 5.92. The lowest BCUT2D eigenvalue weighted by atomic mass is 10.1. The first-order valence-corrected chi connectivity index (χ1v) is 7.92. The summed E-state index contributed by atoms with van der Waals surface area (Å²) in [5.41, 5.74) is 2.25. The molecule has 1 aliphatic rings. The molecule has 1 fully saturated rings. The topological polar surface area (TPSA) is 25.4 Å². The predicted molar refractivity (Wildman–Crippen MR) is 88.3 cm³/mol. The van der Waals surface area contributed by atoms with E-state index in [-0.39, 0.29) is 0 Å². The highest BCUT2D eigenvalue weighted by Crippen LogP contribution is 2.33. The zero-order valence-corrected chi connectivity index (χ0v) is 13.2. The van der Waals surface area contributed by atoms with Crippen molar-refractivity contribution in [3.63, 3.8) is 0 Å². The lowest BCUT2D eigenvalue weighted by molar-refractivity contribution is 0.419. The number of nitrogens with zero attached hydrogens (tertiary/aromatic N) is 2. The minimum Gasteiger partial charge on any atom is -0.494 e. The lowest BCUT2D eigenvalue weighted by Crippen LogP contribution is -2.27. The van der Waals surface area contributed by atoms with Crippen LogP contribution in [0, 0.1) is 12.8 Å². The van der Waals surface area contributed by atoms with Gasteiger partial charge in [0.2, 0.25) is 0 Å². The van der Waals surface area contributed by atoms with Crippen molar-refractivity contribution in [3.8, 4) is 5.75 Å². The van der Waals surface area contributed by atoms with Crippen molar-refractivity contribution in [1.82, 2.24) is 4.98 Å². The molecule has 0 amide bonds. The molecule has 0 radical (unpaired) electrons. The molecule has 1 aliphatic carbocycles. The molecular weight excluding hydrogens is 260 g/mol. The molecule has 3 rings (SSSR count). The van der Waals surface area contributed by atoms with E-state index in [9.17, 15) is 0 Å². The number of aryl methyl sites for hydroxylation is 1. The maximum Gasteiger partial charge on any atom is 0.145 e. The van der Waals surface area contributed by atoms with Crippen molar-refractivity contribution in [1.29, 1.82) is 0 Å². The molecule has 0 N–H and O–H groups in total. The molecule has 0 aliphatic heterocycles. The van der Waals surface area contributed by atoms with Crippen LogP contribution in [-0.2, 0) is 0 Å². The zero-order chi connectivity index (χ0) is 14.8. The second-order valence-corrected chi connectivity index (χ2v) is 6.04. The first-order chi connectivity index (χ1) is 10.2. The van der Waals surface area contributed by atoms with Crippen molar-refractivity contribution in [2.45, 2.75) is 33.1 Å². The van der Waals surface area contributed by atoms with Gasteiger partial charge in [0.15, 0.2) is 0 Å². The van der Waals surface area contributed by atoms with Crippen molar-refractivity contribution in [2.24, 2.45) is 5.92 Å². The molecule has 0 spiro atoms. The number of methoxy groups -OCH3 is 1. The molecule has 1 aromatic heterocycles. The highest BCUT2D eigenvalue weighted by Gasteiger charge is 2.25. The fraction of sp³-hybridized carbons (Fsp3) is 0.500. The third-order valence-electron chi connectivity index (χ3n) is 4.21. The number of benzene rings is 1. The van der Waals surface area contributed by atoms with Crippen LogP contribution >= 0.6 is 0 Å². The normalized spacial score (nSPS) is 14.4. The van der Waals surface area contributed by atoms with Crippen LogP contribution in [-0.4, -0.2) is 25.2 Å². The van der Waals surface area contributed by atoms with Crippen molar-refractivity contribution in [3.05, 3.63) is 29.8 Å². The van der Waals surface area contributed by atoms with E-state index < -0.39 is 0 Å². The van der Waals surface area contributed by atoms with Crippen molar-refractivity contribution < 1.29 is 4.74 Å². The summed E-state index contributed by atoms with van der Waals surface area (Å²) >= 11 is 0. The zero-order valence-electron chi connectivity index (χ0n) is 13.2. The van der Waals surface area contributed by atoms with Gasteiger partial charge < -0.3 is 9.64 Å². The second-order valence-electron chi connectivity index (χ2n) is 6.04. The van der Waals surface area contributed by atoms with Gasteiger partial charge in [0.1, 0.15) is 17.1 Å². The molecule has 3 heteroatoms. The molecule has 1 heterocycles. The van der Waals surface area contributed by atoms with Gasteiger partial charge in [-0.1, -0.05) is 19.1 Å². The van der Waals surface area contributed by atoms with Crippen LogP contribution in [0.2, 0.25) is 0 Å². The van der Waals surface area contributed by atoms with Crippen molar-refractivity contribution >= 4 is 16.7 Å². The average molecular weight is 284 g/mol. The first kappa shape index (κ1) is 14.2. The van der Waals surface area contributed by atoms with Crippen LogP contribution in [0.4, 0.5) is 5.82 Å². The maximum absolute atomic E-state index is 5.49. The highest BCUT2D eigenvalue weighted by molar-refractivity contribution is 5.88. The largest absolute Gasteiger partial charge is 0.494 e. The third kappa shape index (κ3) is 2.97. The van der Waals surface area contributed by atoms with E-state index in [2.05, 4.69) is 30.9 Å². The summed E-state index contributed by atoms with van der Waals surface area (Å²) in [6.07, 6.45) is 3.89. The summed E-state index contributed by atoms with van der Waals surface area (Å²) in [5.74, 6) is 2.82. The van der Waals surface area contributed by atoms with Crippen LogP contribution < -0.4 is 9.64 Å². The summed E-state index contributed by atoms with van der Waals surface area (Å²) in [7, 11) is 1.71. The number of pyridine rings is 1. The van der Waals surface area contributed by atoms with E-state index in [1.807, 2.05) is 12.1 Å². The summed E-state index contributed by atoms with van der Waals surface area (Å²) in [6.45, 7) is 6.60. The monoisotopic (exact) mass is 284 g/mol. The number of rotatable bonds is 6. The number of aromatic nitrogens is 1. The van der Waals surface area contributed by atoms with E-state index >= 15 is 0 Å². The van der Waals surface area contributed by atoms with Gasteiger partial charge in [-0.15, -0.1) is 0 Å². The van der Waals surface area contributed by atoms with Gasteiger partial charge >= 0.3 is 0 Å². The molecule has 2 aromatic rings. The Morgan fingerprint density at radius 1 is 1.33 bits per heavy atom. The Morgan fingerprint density at radius 2 is 2.14 bits per heavy atom. The van der Waals surface area contributed by atoms with E-state index in [1.54, 1.807) is 7.11 Å². The number of fused-ring (bicyclic) bond motifs is 1. The quantitative estimate of drug-likeness (QED) is 0.795. The third-order valence-corrected chi connectivity index (χ3v) is 4.21. The van der Waals surface area contributed by atoms with Gasteiger partial charge in [-0.3, -0.25) is 0 Å². The van der Waals surface area contributed by atoms with Crippen LogP contribution in [0.1, 0.15) is 31.7 Å². The SMILES string of the molecule is CCCN(CC1CC1)c1cc(C)c2cccc(OC)c2n1. The van der Waals surface area contributed by atoms with Gasteiger partial charge in [-0.05, 0) is 49.8 Å². The molecule has 1 aromatic carbocycles. The fourth-order valence-electron chi connectivity index (χ4n) is 2.88. The molecular formula is C18H24N2O. The molecule has 0 atom stereocenters. The van der Waals surface area contributed by atoms with E-state index in [1.165, 1.54) is 23.8 Å². The molecule has 1 saturated carbocycles. The van der Waals surface area contributed by atoms with Gasteiger partial charge in [0.05, 0.1) is 7.11 Å². The Morgan fingerprint density at radius 3 is 2.81 bits per heavy atom. The van der Waals surface area contributed by atoms with Crippen LogP contribution in [0.5, 0.6) is 5.75 Å². The number of ether oxygens (including phenoxy) is 1. The number of anilines is 1. The molecule has 0 bridgehead atoms. The number of hydrogen-bond acceptors (Lipinski definition) is 3. The Balaban J connectivity index is 2.04. The summed E-state index contributed by atoms with van der Waals surface area (Å²) < 4.78 is 5.49. The van der Waals surface area contributed by atoms with Crippen LogP contribution in [0.15, 0.2) is 24.3 Å². The number of para-hydroxylation sites is 1. The molecule has 0 unspecified atom stereocenters. The van der Waals surface area contributed by atoms with Gasteiger partial charge in [-0.25, -0.2) is 4.98 Å². The van der Waals surface area contributed by atoms with Crippen LogP contribution in [0.3, 0.4) is 0 Å². The standard InChI is InChI=1S/C18H24N2O/c1-4-10-20(12-14-8-9-14)17-11-13(2)15-6-5-7-16(21-3)18(15)19-17/h5-7,11,14H,4,8-10,12H2,1-3H3. The molecule has 3 nitrogen and oxygen atoms in total. The van der Waals surface area contributed by atoms with E-state index in [0.29, 0.717) is 0 Å². The Bertz CT molecular complexity index is 634. The summed E-state index contributed by atoms with van der Waals surface area (Å²) in [6, 6.07) is 8.36. The average Bonchev–Trinajstić information content (AvgIpc) is 3.30. The van der Waals surface area contributed by atoms with Gasteiger partial charge in [-0.2, -0.15) is 0 Å². The summed E-state index contributed by atoms with van der Waals surface area (Å²) in [4.78, 5) is 7.35. The smallest absolute Gasteiger partial charge is 0.145 e. The minimum absolute atomic E-state index is 0.861. The van der Waals surface area contributed by atoms with Crippen LogP contribution in [0.25, 0.3) is 10.9 Å². The van der Waals surface area contributed by atoms with Gasteiger partial charge in [0.25, 0.3) is 0 Å². The Labute approximate surface area is 126 Å². The van der Waals surface area contributed by atoms with Gasteiger partial charge in [0, 0.05) is 18.5 Å². The maximum atomic E-state index is 5.49. The molecule has 21 heavy (non-hydrogen) atoms. The van der Waals surface area contributed by atoms with E-state index in [4.69, 9.17) is 9.72 Å². The van der Waals surface area contributed by atoms with Crippen molar-refractivity contribution in [2.75, 3.05) is 25.1 Å². The van der Waals surface area contributed by atoms with E-state index in [0.717, 1.165) is 42.5 Å². The minimum atomic E-state index is 0.861. The molecule has 112 valence electrons. The first-order valence-electron chi connectivity index (χ1n) is 7.92. The number of hydrogen-bond donors (Lipinski definition) is 0. The highest BCUT2D eigenvalue weighted by atomic mass is 16.5.